The van der Waals surface area contributed by atoms with E-state index in [1.54, 1.807) is 0 Å². The second kappa shape index (κ2) is 3.65. The van der Waals surface area contributed by atoms with E-state index in [1.807, 2.05) is 6.08 Å². The predicted molar refractivity (Wildman–Crippen MR) is 55.6 cm³/mol. The van der Waals surface area contributed by atoms with Crippen LogP contribution in [-0.2, 0) is 4.79 Å². The number of hydrogen-bond acceptors (Lipinski definition) is 1. The summed E-state index contributed by atoms with van der Waals surface area (Å²) in [6, 6.07) is 0. The minimum absolute atomic E-state index is 0.202. The number of allylic oxidation sites excluding steroid dienone is 2. The first-order chi connectivity index (χ1) is 6.03. The fraction of sp³-hybridized carbons (Fsp3) is 0.750. The quantitative estimate of drug-likeness (QED) is 0.637. The lowest BCUT2D eigenvalue weighted by atomic mass is 9.66. The predicted octanol–water partition coefficient (Wildman–Crippen LogP) is 3.35. The van der Waals surface area contributed by atoms with Crippen LogP contribution in [0.15, 0.2) is 11.6 Å². The van der Waals surface area contributed by atoms with Crippen LogP contribution >= 0.6 is 0 Å². The minimum atomic E-state index is 0.202. The van der Waals surface area contributed by atoms with E-state index in [4.69, 9.17) is 0 Å². The van der Waals surface area contributed by atoms with Crippen LogP contribution in [0.5, 0.6) is 0 Å². The Morgan fingerprint density at radius 3 is 2.62 bits per heavy atom. The van der Waals surface area contributed by atoms with Gasteiger partial charge in [-0.25, -0.2) is 0 Å². The zero-order valence-corrected chi connectivity index (χ0v) is 9.18. The summed E-state index contributed by atoms with van der Waals surface area (Å²) in [5.41, 5.74) is 1.53. The SMILES string of the molecule is CCC1=CC(=O)[C@@H](C)[C@](C)(CC)C1. The van der Waals surface area contributed by atoms with Crippen LogP contribution in [0.2, 0.25) is 0 Å². The molecule has 0 N–H and O–H groups in total. The number of hydrogen-bond donors (Lipinski definition) is 0. The summed E-state index contributed by atoms with van der Waals surface area (Å²) in [6.07, 6.45) is 5.08. The van der Waals surface area contributed by atoms with Gasteiger partial charge in [0.25, 0.3) is 0 Å². The third kappa shape index (κ3) is 1.84. The molecule has 1 heteroatoms. The van der Waals surface area contributed by atoms with Crippen LogP contribution in [0.25, 0.3) is 0 Å². The van der Waals surface area contributed by atoms with Gasteiger partial charge in [-0.2, -0.15) is 0 Å². The van der Waals surface area contributed by atoms with Crippen LogP contribution < -0.4 is 0 Å². The molecule has 0 saturated carbocycles. The van der Waals surface area contributed by atoms with Gasteiger partial charge in [-0.15, -0.1) is 0 Å². The Kier molecular flexibility index (Phi) is 2.94. The number of ketones is 1. The maximum atomic E-state index is 11.7. The summed E-state index contributed by atoms with van der Waals surface area (Å²) in [4.78, 5) is 11.7. The molecule has 13 heavy (non-hydrogen) atoms. The summed E-state index contributed by atoms with van der Waals surface area (Å²) in [6.45, 7) is 8.61. The standard InChI is InChI=1S/C12H20O/c1-5-10-7-11(13)9(3)12(4,6-2)8-10/h7,9H,5-6,8H2,1-4H3/t9-,12-/m1/s1. The molecule has 0 aromatic heterocycles. The van der Waals surface area contributed by atoms with E-state index in [0.29, 0.717) is 5.78 Å². The first kappa shape index (κ1) is 10.5. The molecule has 0 aromatic carbocycles. The molecule has 1 rings (SSSR count). The molecule has 74 valence electrons. The summed E-state index contributed by atoms with van der Waals surface area (Å²) < 4.78 is 0. The zero-order chi connectivity index (χ0) is 10.1. The number of carbonyl (C=O) groups is 1. The monoisotopic (exact) mass is 180 g/mol. The van der Waals surface area contributed by atoms with Gasteiger partial charge < -0.3 is 0 Å². The Bertz CT molecular complexity index is 240. The van der Waals surface area contributed by atoms with Crippen molar-refractivity contribution in [3.05, 3.63) is 11.6 Å². The maximum Gasteiger partial charge on any atom is 0.158 e. The van der Waals surface area contributed by atoms with Gasteiger partial charge in [0, 0.05) is 5.92 Å². The highest BCUT2D eigenvalue weighted by molar-refractivity contribution is 5.93. The second-order valence-corrected chi connectivity index (χ2v) is 4.46. The normalized spacial score (nSPS) is 34.6. The largest absolute Gasteiger partial charge is 0.295 e. The molecule has 1 nitrogen and oxygen atoms in total. The summed E-state index contributed by atoms with van der Waals surface area (Å²) in [5, 5.41) is 0. The second-order valence-electron chi connectivity index (χ2n) is 4.46. The third-order valence-corrected chi connectivity index (χ3v) is 3.71. The van der Waals surface area contributed by atoms with Gasteiger partial charge in [0.05, 0.1) is 0 Å². The molecule has 0 saturated heterocycles. The molecule has 0 fully saturated rings. The number of carbonyl (C=O) groups excluding carboxylic acids is 1. The van der Waals surface area contributed by atoms with E-state index in [1.165, 1.54) is 5.57 Å². The Balaban J connectivity index is 2.94. The molecule has 2 atom stereocenters. The van der Waals surface area contributed by atoms with E-state index in [0.717, 1.165) is 19.3 Å². The first-order valence-corrected chi connectivity index (χ1v) is 5.26. The van der Waals surface area contributed by atoms with Gasteiger partial charge in [0.2, 0.25) is 0 Å². The van der Waals surface area contributed by atoms with Crippen LogP contribution in [0.4, 0.5) is 0 Å². The van der Waals surface area contributed by atoms with Crippen LogP contribution in [0.1, 0.15) is 47.0 Å². The highest BCUT2D eigenvalue weighted by Gasteiger charge is 2.36. The smallest absolute Gasteiger partial charge is 0.158 e. The van der Waals surface area contributed by atoms with Crippen LogP contribution in [0, 0.1) is 11.3 Å². The molecule has 0 spiro atoms. The maximum absolute atomic E-state index is 11.7. The van der Waals surface area contributed by atoms with Gasteiger partial charge in [-0.1, -0.05) is 33.3 Å². The molecule has 0 radical (unpaired) electrons. The van der Waals surface area contributed by atoms with Crippen molar-refractivity contribution in [2.24, 2.45) is 11.3 Å². The fourth-order valence-electron chi connectivity index (χ4n) is 2.05. The van der Waals surface area contributed by atoms with E-state index >= 15 is 0 Å². The fourth-order valence-corrected chi connectivity index (χ4v) is 2.05. The Morgan fingerprint density at radius 2 is 2.15 bits per heavy atom. The van der Waals surface area contributed by atoms with Crippen molar-refractivity contribution in [3.8, 4) is 0 Å². The van der Waals surface area contributed by atoms with Gasteiger partial charge >= 0.3 is 0 Å². The van der Waals surface area contributed by atoms with Gasteiger partial charge in [0.1, 0.15) is 0 Å². The number of rotatable bonds is 2. The Hall–Kier alpha value is -0.590. The van der Waals surface area contributed by atoms with Crippen molar-refractivity contribution < 1.29 is 4.79 Å². The zero-order valence-electron chi connectivity index (χ0n) is 9.18. The van der Waals surface area contributed by atoms with E-state index in [-0.39, 0.29) is 11.3 Å². The minimum Gasteiger partial charge on any atom is -0.295 e. The average Bonchev–Trinajstić information content (AvgIpc) is 2.13. The third-order valence-electron chi connectivity index (χ3n) is 3.71. The lowest BCUT2D eigenvalue weighted by Gasteiger charge is -2.37. The topological polar surface area (TPSA) is 17.1 Å². The summed E-state index contributed by atoms with van der Waals surface area (Å²) in [7, 11) is 0. The van der Waals surface area contributed by atoms with Crippen LogP contribution in [-0.4, -0.2) is 5.78 Å². The lowest BCUT2D eigenvalue weighted by molar-refractivity contribution is -0.122. The van der Waals surface area contributed by atoms with Crippen molar-refractivity contribution in [2.75, 3.05) is 0 Å². The van der Waals surface area contributed by atoms with E-state index in [2.05, 4.69) is 27.7 Å². The van der Waals surface area contributed by atoms with Crippen molar-refractivity contribution in [3.63, 3.8) is 0 Å². The molecule has 1 aliphatic rings. The summed E-state index contributed by atoms with van der Waals surface area (Å²) in [5.74, 6) is 0.528. The van der Waals surface area contributed by atoms with Crippen LogP contribution in [0.3, 0.4) is 0 Å². The average molecular weight is 180 g/mol. The Labute approximate surface area is 81.2 Å². The highest BCUT2D eigenvalue weighted by atomic mass is 16.1. The van der Waals surface area contributed by atoms with E-state index < -0.39 is 0 Å². The molecule has 0 heterocycles. The molecule has 0 unspecified atom stereocenters. The highest BCUT2D eigenvalue weighted by Crippen LogP contribution is 2.42. The van der Waals surface area contributed by atoms with Crippen molar-refractivity contribution in [1.82, 2.24) is 0 Å². The molecule has 0 bridgehead atoms. The van der Waals surface area contributed by atoms with Crippen molar-refractivity contribution in [1.29, 1.82) is 0 Å². The molecule has 0 aromatic rings. The summed E-state index contributed by atoms with van der Waals surface area (Å²) >= 11 is 0. The van der Waals surface area contributed by atoms with Crippen molar-refractivity contribution >= 4 is 5.78 Å². The molecular formula is C12H20O. The van der Waals surface area contributed by atoms with Gasteiger partial charge in [0.15, 0.2) is 5.78 Å². The van der Waals surface area contributed by atoms with E-state index in [9.17, 15) is 4.79 Å². The molecule has 1 aliphatic carbocycles. The first-order valence-electron chi connectivity index (χ1n) is 5.26. The molecule has 0 amide bonds. The van der Waals surface area contributed by atoms with Gasteiger partial charge in [-0.05, 0) is 30.8 Å². The molecule has 0 aliphatic heterocycles. The van der Waals surface area contributed by atoms with Gasteiger partial charge in [-0.3, -0.25) is 4.79 Å². The lowest BCUT2D eigenvalue weighted by Crippen LogP contribution is -2.34. The Morgan fingerprint density at radius 1 is 1.54 bits per heavy atom. The van der Waals surface area contributed by atoms with Crippen molar-refractivity contribution in [2.45, 2.75) is 47.0 Å². The molecular weight excluding hydrogens is 160 g/mol.